The van der Waals surface area contributed by atoms with Crippen LogP contribution in [0.15, 0.2) is 4.99 Å². The number of nitrogens with zero attached hydrogens (tertiary/aromatic N) is 3. The summed E-state index contributed by atoms with van der Waals surface area (Å²) in [7, 11) is 7.75. The Labute approximate surface area is 123 Å². The van der Waals surface area contributed by atoms with Gasteiger partial charge in [0.25, 0.3) is 0 Å². The van der Waals surface area contributed by atoms with Crippen LogP contribution < -0.4 is 5.32 Å². The van der Waals surface area contributed by atoms with Gasteiger partial charge in [-0.3, -0.25) is 4.99 Å². The fraction of sp³-hybridized carbons (Fsp3) is 0.929. The van der Waals surface area contributed by atoms with Crippen LogP contribution in [0, 0.1) is 5.92 Å². The van der Waals surface area contributed by atoms with Crippen LogP contribution in [0.4, 0.5) is 0 Å². The van der Waals surface area contributed by atoms with E-state index in [4.69, 9.17) is 9.47 Å². The van der Waals surface area contributed by atoms with Crippen molar-refractivity contribution in [1.82, 2.24) is 15.1 Å². The van der Waals surface area contributed by atoms with Crippen molar-refractivity contribution in [3.05, 3.63) is 0 Å². The van der Waals surface area contributed by atoms with Crippen LogP contribution in [0.5, 0.6) is 0 Å². The van der Waals surface area contributed by atoms with Gasteiger partial charge in [0.1, 0.15) is 0 Å². The zero-order valence-electron chi connectivity index (χ0n) is 13.4. The average molecular weight is 286 g/mol. The molecule has 1 atom stereocenters. The number of rotatable bonds is 8. The number of ether oxygens (including phenoxy) is 2. The SMILES string of the molecule is CN=C(NCCN(C)CCOC)N(C)CC1CCOC1. The molecule has 1 saturated heterocycles. The Morgan fingerprint density at radius 2 is 2.20 bits per heavy atom. The summed E-state index contributed by atoms with van der Waals surface area (Å²) in [5.74, 6) is 1.58. The van der Waals surface area contributed by atoms with Gasteiger partial charge in [0.05, 0.1) is 13.2 Å². The van der Waals surface area contributed by atoms with Gasteiger partial charge in [-0.15, -0.1) is 0 Å². The van der Waals surface area contributed by atoms with Crippen molar-refractivity contribution in [3.63, 3.8) is 0 Å². The fourth-order valence-electron chi connectivity index (χ4n) is 2.30. The van der Waals surface area contributed by atoms with Gasteiger partial charge in [0.15, 0.2) is 5.96 Å². The summed E-state index contributed by atoms with van der Waals surface area (Å²) in [6.45, 7) is 6.36. The second kappa shape index (κ2) is 9.96. The predicted octanol–water partition coefficient (Wildman–Crippen LogP) is 0.108. The van der Waals surface area contributed by atoms with E-state index in [0.717, 1.165) is 58.4 Å². The molecule has 1 aliphatic heterocycles. The van der Waals surface area contributed by atoms with E-state index in [0.29, 0.717) is 5.92 Å². The number of hydrogen-bond acceptors (Lipinski definition) is 4. The van der Waals surface area contributed by atoms with Crippen LogP contribution in [0.25, 0.3) is 0 Å². The van der Waals surface area contributed by atoms with E-state index >= 15 is 0 Å². The summed E-state index contributed by atoms with van der Waals surface area (Å²) in [4.78, 5) is 8.77. The largest absolute Gasteiger partial charge is 0.383 e. The molecule has 0 aliphatic carbocycles. The van der Waals surface area contributed by atoms with Crippen LogP contribution in [0.1, 0.15) is 6.42 Å². The van der Waals surface area contributed by atoms with Crippen molar-refractivity contribution in [3.8, 4) is 0 Å². The topological polar surface area (TPSA) is 49.3 Å². The maximum Gasteiger partial charge on any atom is 0.193 e. The van der Waals surface area contributed by atoms with Crippen LogP contribution >= 0.6 is 0 Å². The number of guanidine groups is 1. The lowest BCUT2D eigenvalue weighted by atomic mass is 10.1. The third-order valence-corrected chi connectivity index (χ3v) is 3.58. The van der Waals surface area contributed by atoms with E-state index in [9.17, 15) is 0 Å². The molecule has 6 nitrogen and oxygen atoms in total. The highest BCUT2D eigenvalue weighted by atomic mass is 16.5. The van der Waals surface area contributed by atoms with Gasteiger partial charge in [-0.1, -0.05) is 0 Å². The molecule has 0 saturated carbocycles. The molecular weight excluding hydrogens is 256 g/mol. The third kappa shape index (κ3) is 6.54. The van der Waals surface area contributed by atoms with Crippen molar-refractivity contribution in [1.29, 1.82) is 0 Å². The van der Waals surface area contributed by atoms with Gasteiger partial charge in [-0.2, -0.15) is 0 Å². The minimum atomic E-state index is 0.628. The van der Waals surface area contributed by atoms with Crippen molar-refractivity contribution in [2.45, 2.75) is 6.42 Å². The van der Waals surface area contributed by atoms with Gasteiger partial charge < -0.3 is 24.6 Å². The van der Waals surface area contributed by atoms with E-state index in [1.54, 1.807) is 7.11 Å². The monoisotopic (exact) mass is 286 g/mol. The number of aliphatic imine (C=N–C) groups is 1. The molecule has 1 rings (SSSR count). The smallest absolute Gasteiger partial charge is 0.193 e. The Balaban J connectivity index is 2.21. The van der Waals surface area contributed by atoms with Crippen LogP contribution in [0.2, 0.25) is 0 Å². The molecule has 1 N–H and O–H groups in total. The van der Waals surface area contributed by atoms with E-state index in [1.165, 1.54) is 0 Å². The first-order valence-electron chi connectivity index (χ1n) is 7.34. The normalized spacial score (nSPS) is 19.6. The van der Waals surface area contributed by atoms with Crippen molar-refractivity contribution in [2.75, 3.05) is 74.3 Å². The number of methoxy groups -OCH3 is 1. The summed E-state index contributed by atoms with van der Waals surface area (Å²) < 4.78 is 10.5. The van der Waals surface area contributed by atoms with Gasteiger partial charge in [-0.05, 0) is 13.5 Å². The Morgan fingerprint density at radius 3 is 2.80 bits per heavy atom. The van der Waals surface area contributed by atoms with Gasteiger partial charge in [-0.25, -0.2) is 0 Å². The molecule has 6 heteroatoms. The van der Waals surface area contributed by atoms with Gasteiger partial charge in [0, 0.05) is 59.9 Å². The van der Waals surface area contributed by atoms with E-state index < -0.39 is 0 Å². The van der Waals surface area contributed by atoms with Crippen molar-refractivity contribution in [2.24, 2.45) is 10.9 Å². The molecule has 1 aliphatic rings. The minimum Gasteiger partial charge on any atom is -0.383 e. The molecule has 0 aromatic carbocycles. The Kier molecular flexibility index (Phi) is 8.57. The predicted molar refractivity (Wildman–Crippen MR) is 82.3 cm³/mol. The maximum absolute atomic E-state index is 5.42. The molecule has 0 aromatic heterocycles. The summed E-state index contributed by atoms with van der Waals surface area (Å²) >= 11 is 0. The Hall–Kier alpha value is -0.850. The zero-order valence-corrected chi connectivity index (χ0v) is 13.4. The molecule has 1 fully saturated rings. The first-order chi connectivity index (χ1) is 9.67. The second-order valence-corrected chi connectivity index (χ2v) is 5.38. The summed E-state index contributed by atoms with van der Waals surface area (Å²) in [6, 6.07) is 0. The van der Waals surface area contributed by atoms with Crippen LogP contribution in [-0.4, -0.2) is 90.0 Å². The fourth-order valence-corrected chi connectivity index (χ4v) is 2.30. The maximum atomic E-state index is 5.42. The van der Waals surface area contributed by atoms with Crippen molar-refractivity contribution < 1.29 is 9.47 Å². The highest BCUT2D eigenvalue weighted by Crippen LogP contribution is 2.13. The quantitative estimate of drug-likeness (QED) is 0.507. The summed E-state index contributed by atoms with van der Waals surface area (Å²) in [5, 5.41) is 3.40. The lowest BCUT2D eigenvalue weighted by molar-refractivity contribution is 0.162. The van der Waals surface area contributed by atoms with Crippen molar-refractivity contribution >= 4 is 5.96 Å². The van der Waals surface area contributed by atoms with Crippen LogP contribution in [-0.2, 0) is 9.47 Å². The number of likely N-dealkylation sites (N-methyl/N-ethyl adjacent to an activating group) is 1. The molecule has 0 bridgehead atoms. The molecule has 0 amide bonds. The van der Waals surface area contributed by atoms with E-state index in [-0.39, 0.29) is 0 Å². The molecule has 20 heavy (non-hydrogen) atoms. The molecule has 0 aromatic rings. The summed E-state index contributed by atoms with van der Waals surface area (Å²) in [6.07, 6.45) is 1.15. The molecule has 0 radical (unpaired) electrons. The number of hydrogen-bond donors (Lipinski definition) is 1. The van der Waals surface area contributed by atoms with Gasteiger partial charge in [0.2, 0.25) is 0 Å². The average Bonchev–Trinajstić information content (AvgIpc) is 2.94. The first-order valence-corrected chi connectivity index (χ1v) is 7.34. The Bertz CT molecular complexity index is 280. The minimum absolute atomic E-state index is 0.628. The third-order valence-electron chi connectivity index (χ3n) is 3.58. The lowest BCUT2D eigenvalue weighted by Gasteiger charge is -2.25. The molecule has 1 unspecified atom stereocenters. The van der Waals surface area contributed by atoms with Crippen LogP contribution in [0.3, 0.4) is 0 Å². The Morgan fingerprint density at radius 1 is 1.40 bits per heavy atom. The van der Waals surface area contributed by atoms with E-state index in [2.05, 4.69) is 34.2 Å². The molecule has 1 heterocycles. The highest BCUT2D eigenvalue weighted by molar-refractivity contribution is 5.79. The lowest BCUT2D eigenvalue weighted by Crippen LogP contribution is -2.44. The second-order valence-electron chi connectivity index (χ2n) is 5.38. The molecule has 118 valence electrons. The first kappa shape index (κ1) is 17.2. The standard InChI is InChI=1S/C14H30N4O2/c1-15-14(16-6-7-17(2)8-10-19-4)18(3)11-13-5-9-20-12-13/h13H,5-12H2,1-4H3,(H,15,16). The highest BCUT2D eigenvalue weighted by Gasteiger charge is 2.18. The number of nitrogens with one attached hydrogen (secondary N) is 1. The molecular formula is C14H30N4O2. The zero-order chi connectivity index (χ0) is 14.8. The molecule has 0 spiro atoms. The summed E-state index contributed by atoms with van der Waals surface area (Å²) in [5.41, 5.74) is 0. The van der Waals surface area contributed by atoms with E-state index in [1.807, 2.05) is 7.05 Å². The van der Waals surface area contributed by atoms with Gasteiger partial charge >= 0.3 is 0 Å².